The highest BCUT2D eigenvalue weighted by atomic mass is 14.7. The van der Waals surface area contributed by atoms with Crippen LogP contribution in [0.25, 0.3) is 5.57 Å². The Morgan fingerprint density at radius 2 is 2.36 bits per heavy atom. The number of hydrogen-bond donors (Lipinski definition) is 0. The van der Waals surface area contributed by atoms with Crippen LogP contribution in [0.15, 0.2) is 30.0 Å². The molecule has 1 aromatic heterocycles. The maximum absolute atomic E-state index is 3.92. The van der Waals surface area contributed by atoms with Crippen molar-refractivity contribution >= 4 is 18.0 Å². The summed E-state index contributed by atoms with van der Waals surface area (Å²) in [6.07, 6.45) is 3.40. The summed E-state index contributed by atoms with van der Waals surface area (Å²) in [7, 11) is 0. The van der Waals surface area contributed by atoms with E-state index in [9.17, 15) is 0 Å². The minimum atomic E-state index is 0.792. The second kappa shape index (κ2) is 3.10. The number of aromatic nitrogens is 1. The van der Waals surface area contributed by atoms with Crippen LogP contribution in [0, 0.1) is 0 Å². The molecule has 2 heteroatoms. The molecule has 0 spiro atoms. The summed E-state index contributed by atoms with van der Waals surface area (Å²) < 4.78 is 0. The molecule has 0 saturated heterocycles. The minimum Gasteiger partial charge on any atom is -0.262 e. The predicted molar refractivity (Wildman–Crippen MR) is 48.2 cm³/mol. The van der Waals surface area contributed by atoms with Gasteiger partial charge in [0.05, 0.1) is 11.9 Å². The highest BCUT2D eigenvalue weighted by Crippen LogP contribution is 2.22. The molecule has 1 rings (SSSR count). The lowest BCUT2D eigenvalue weighted by Crippen LogP contribution is -1.80. The molecule has 0 aliphatic heterocycles. The molecule has 0 aliphatic carbocycles. The molecule has 0 unspecified atom stereocenters. The zero-order chi connectivity index (χ0) is 8.27. The van der Waals surface area contributed by atoms with E-state index in [2.05, 4.69) is 23.3 Å². The number of pyridine rings is 1. The van der Waals surface area contributed by atoms with Crippen molar-refractivity contribution in [3.05, 3.63) is 30.6 Å². The standard InChI is InChI=1S/C9H10N2/c1-7(2)8-4-5-11-6-9(8)10-3/h4-6H,1,3H2,2H3. The van der Waals surface area contributed by atoms with Gasteiger partial charge in [-0.25, -0.2) is 0 Å². The summed E-state index contributed by atoms with van der Waals surface area (Å²) in [5, 5.41) is 0. The average molecular weight is 146 g/mol. The van der Waals surface area contributed by atoms with Gasteiger partial charge in [0.25, 0.3) is 0 Å². The van der Waals surface area contributed by atoms with Gasteiger partial charge in [-0.2, -0.15) is 0 Å². The zero-order valence-electron chi connectivity index (χ0n) is 6.54. The normalized spacial score (nSPS) is 9.18. The molecule has 0 saturated carbocycles. The molecule has 0 bridgehead atoms. The number of rotatable bonds is 2. The van der Waals surface area contributed by atoms with Gasteiger partial charge in [-0.05, 0) is 25.3 Å². The Balaban J connectivity index is 3.22. The minimum absolute atomic E-state index is 0.792. The van der Waals surface area contributed by atoms with Crippen LogP contribution in [0.1, 0.15) is 12.5 Å². The molecule has 2 nitrogen and oxygen atoms in total. The Kier molecular flexibility index (Phi) is 2.16. The molecule has 1 aromatic rings. The van der Waals surface area contributed by atoms with Crippen molar-refractivity contribution in [2.45, 2.75) is 6.92 Å². The molecule has 0 N–H and O–H groups in total. The van der Waals surface area contributed by atoms with Gasteiger partial charge in [-0.15, -0.1) is 0 Å². The largest absolute Gasteiger partial charge is 0.262 e. The van der Waals surface area contributed by atoms with E-state index < -0.39 is 0 Å². The van der Waals surface area contributed by atoms with E-state index in [1.54, 1.807) is 12.4 Å². The van der Waals surface area contributed by atoms with E-state index in [0.29, 0.717) is 0 Å². The first-order chi connectivity index (χ1) is 5.25. The van der Waals surface area contributed by atoms with E-state index in [1.807, 2.05) is 13.0 Å². The van der Waals surface area contributed by atoms with Crippen molar-refractivity contribution in [3.8, 4) is 0 Å². The van der Waals surface area contributed by atoms with Crippen LogP contribution < -0.4 is 0 Å². The van der Waals surface area contributed by atoms with Crippen molar-refractivity contribution in [2.24, 2.45) is 4.99 Å². The van der Waals surface area contributed by atoms with Gasteiger partial charge in [0.1, 0.15) is 0 Å². The number of nitrogens with zero attached hydrogens (tertiary/aromatic N) is 2. The molecule has 1 heterocycles. The average Bonchev–Trinajstić information content (AvgIpc) is 2.04. The lowest BCUT2D eigenvalue weighted by molar-refractivity contribution is 1.29. The van der Waals surface area contributed by atoms with Crippen molar-refractivity contribution < 1.29 is 0 Å². The Hall–Kier alpha value is -1.44. The molecular formula is C9H10N2. The Labute approximate surface area is 66.3 Å². The molecule has 0 radical (unpaired) electrons. The summed E-state index contributed by atoms with van der Waals surface area (Å²) in [5.74, 6) is 0. The van der Waals surface area contributed by atoms with Gasteiger partial charge < -0.3 is 0 Å². The fraction of sp³-hybridized carbons (Fsp3) is 0.111. The van der Waals surface area contributed by atoms with Gasteiger partial charge in [-0.3, -0.25) is 9.98 Å². The molecular weight excluding hydrogens is 136 g/mol. The van der Waals surface area contributed by atoms with Crippen molar-refractivity contribution in [1.29, 1.82) is 0 Å². The molecule has 0 fully saturated rings. The lowest BCUT2D eigenvalue weighted by Gasteiger charge is -2.01. The van der Waals surface area contributed by atoms with Gasteiger partial charge in [-0.1, -0.05) is 6.58 Å². The van der Waals surface area contributed by atoms with Crippen LogP contribution in [0.3, 0.4) is 0 Å². The molecule has 0 aromatic carbocycles. The zero-order valence-corrected chi connectivity index (χ0v) is 6.54. The summed E-state index contributed by atoms with van der Waals surface area (Å²) in [6, 6.07) is 1.88. The first-order valence-corrected chi connectivity index (χ1v) is 3.32. The molecule has 11 heavy (non-hydrogen) atoms. The van der Waals surface area contributed by atoms with E-state index >= 15 is 0 Å². The fourth-order valence-electron chi connectivity index (χ4n) is 0.873. The quantitative estimate of drug-likeness (QED) is 0.588. The summed E-state index contributed by atoms with van der Waals surface area (Å²) in [5.41, 5.74) is 2.78. The van der Waals surface area contributed by atoms with Gasteiger partial charge in [0, 0.05) is 11.8 Å². The van der Waals surface area contributed by atoms with Crippen LogP contribution >= 0.6 is 0 Å². The van der Waals surface area contributed by atoms with Gasteiger partial charge in [0.15, 0.2) is 0 Å². The third kappa shape index (κ3) is 1.52. The first-order valence-electron chi connectivity index (χ1n) is 3.32. The maximum Gasteiger partial charge on any atom is 0.0880 e. The monoisotopic (exact) mass is 146 g/mol. The number of allylic oxidation sites excluding steroid dienone is 1. The summed E-state index contributed by atoms with van der Waals surface area (Å²) in [6.45, 7) is 9.20. The molecule has 56 valence electrons. The maximum atomic E-state index is 3.92. The topological polar surface area (TPSA) is 25.2 Å². The van der Waals surface area contributed by atoms with E-state index in [-0.39, 0.29) is 0 Å². The predicted octanol–water partition coefficient (Wildman–Crippen LogP) is 2.45. The highest BCUT2D eigenvalue weighted by Gasteiger charge is 1.98. The van der Waals surface area contributed by atoms with Gasteiger partial charge in [0.2, 0.25) is 0 Å². The smallest absolute Gasteiger partial charge is 0.0880 e. The van der Waals surface area contributed by atoms with Crippen molar-refractivity contribution in [3.63, 3.8) is 0 Å². The molecule has 0 atom stereocenters. The third-order valence-corrected chi connectivity index (χ3v) is 1.43. The van der Waals surface area contributed by atoms with Crippen LogP contribution in [0.5, 0.6) is 0 Å². The van der Waals surface area contributed by atoms with E-state index in [4.69, 9.17) is 0 Å². The molecule has 0 amide bonds. The van der Waals surface area contributed by atoms with Crippen molar-refractivity contribution in [1.82, 2.24) is 4.98 Å². The SMILES string of the molecule is C=Nc1cnccc1C(=C)C. The van der Waals surface area contributed by atoms with Crippen molar-refractivity contribution in [2.75, 3.05) is 0 Å². The first kappa shape index (κ1) is 7.66. The fourth-order valence-corrected chi connectivity index (χ4v) is 0.873. The second-order valence-electron chi connectivity index (χ2n) is 2.33. The number of aliphatic imine (C=N–C) groups is 1. The van der Waals surface area contributed by atoms with Crippen LogP contribution in [0.2, 0.25) is 0 Å². The summed E-state index contributed by atoms with van der Waals surface area (Å²) >= 11 is 0. The second-order valence-corrected chi connectivity index (χ2v) is 2.33. The third-order valence-electron chi connectivity index (χ3n) is 1.43. The number of hydrogen-bond acceptors (Lipinski definition) is 2. The Morgan fingerprint density at radius 1 is 1.64 bits per heavy atom. The Bertz CT molecular complexity index is 289. The van der Waals surface area contributed by atoms with Crippen LogP contribution in [-0.2, 0) is 0 Å². The summed E-state index contributed by atoms with van der Waals surface area (Å²) in [4.78, 5) is 7.74. The Morgan fingerprint density at radius 3 is 2.82 bits per heavy atom. The molecule has 0 aliphatic rings. The van der Waals surface area contributed by atoms with E-state index in [0.717, 1.165) is 16.8 Å². The highest BCUT2D eigenvalue weighted by molar-refractivity contribution is 5.72. The van der Waals surface area contributed by atoms with Crippen LogP contribution in [0.4, 0.5) is 5.69 Å². The van der Waals surface area contributed by atoms with E-state index in [1.165, 1.54) is 0 Å². The van der Waals surface area contributed by atoms with Crippen LogP contribution in [-0.4, -0.2) is 11.7 Å². The lowest BCUT2D eigenvalue weighted by atomic mass is 10.1. The van der Waals surface area contributed by atoms with Gasteiger partial charge >= 0.3 is 0 Å².